The molecular formula is C16H26BrNOS. The second-order valence-electron chi connectivity index (χ2n) is 5.65. The van der Waals surface area contributed by atoms with Crippen molar-refractivity contribution in [2.24, 2.45) is 0 Å². The van der Waals surface area contributed by atoms with E-state index in [0.29, 0.717) is 12.1 Å². The summed E-state index contributed by atoms with van der Waals surface area (Å²) >= 11 is 5.40. The van der Waals surface area contributed by atoms with E-state index >= 15 is 0 Å². The fourth-order valence-corrected chi connectivity index (χ4v) is 4.28. The molecule has 4 heteroatoms. The van der Waals surface area contributed by atoms with Crippen LogP contribution in [0.25, 0.3) is 0 Å². The van der Waals surface area contributed by atoms with Crippen LogP contribution in [0.15, 0.2) is 15.9 Å². The van der Waals surface area contributed by atoms with Crippen LogP contribution >= 0.6 is 27.3 Å². The van der Waals surface area contributed by atoms with Gasteiger partial charge in [-0.15, -0.1) is 11.3 Å². The van der Waals surface area contributed by atoms with Gasteiger partial charge in [-0.1, -0.05) is 6.92 Å². The van der Waals surface area contributed by atoms with E-state index in [1.54, 1.807) is 0 Å². The quantitative estimate of drug-likeness (QED) is 0.721. The van der Waals surface area contributed by atoms with Gasteiger partial charge in [-0.25, -0.2) is 0 Å². The van der Waals surface area contributed by atoms with Crippen LogP contribution in [-0.4, -0.2) is 25.3 Å². The highest BCUT2D eigenvalue weighted by molar-refractivity contribution is 9.10. The molecule has 114 valence electrons. The number of ether oxygens (including phenoxy) is 1. The standard InChI is InChI=1S/C16H26BrNOS/c1-2-8-18-14(11-16-10-13(17)12-20-16)6-7-15-5-3-4-9-19-15/h10,12,14-15,18H,2-9,11H2,1H3. The molecule has 1 aromatic heterocycles. The second kappa shape index (κ2) is 9.19. The molecule has 20 heavy (non-hydrogen) atoms. The molecule has 2 unspecified atom stereocenters. The summed E-state index contributed by atoms with van der Waals surface area (Å²) in [5, 5.41) is 5.88. The average molecular weight is 360 g/mol. The van der Waals surface area contributed by atoms with Crippen molar-refractivity contribution in [3.63, 3.8) is 0 Å². The normalized spacial score (nSPS) is 21.0. The van der Waals surface area contributed by atoms with E-state index < -0.39 is 0 Å². The summed E-state index contributed by atoms with van der Waals surface area (Å²) in [7, 11) is 0. The van der Waals surface area contributed by atoms with Gasteiger partial charge >= 0.3 is 0 Å². The molecule has 2 heterocycles. The SMILES string of the molecule is CCCNC(CCC1CCCCO1)Cc1cc(Br)cs1. The van der Waals surface area contributed by atoms with Crippen LogP contribution in [-0.2, 0) is 11.2 Å². The van der Waals surface area contributed by atoms with Crippen molar-refractivity contribution < 1.29 is 4.74 Å². The number of rotatable bonds is 8. The van der Waals surface area contributed by atoms with Crippen molar-refractivity contribution in [2.45, 2.75) is 64.0 Å². The highest BCUT2D eigenvalue weighted by atomic mass is 79.9. The lowest BCUT2D eigenvalue weighted by Crippen LogP contribution is -2.33. The van der Waals surface area contributed by atoms with Crippen molar-refractivity contribution in [2.75, 3.05) is 13.2 Å². The van der Waals surface area contributed by atoms with E-state index in [1.807, 2.05) is 11.3 Å². The summed E-state index contributed by atoms with van der Waals surface area (Å²) in [6.45, 7) is 4.31. The van der Waals surface area contributed by atoms with Gasteiger partial charge in [0.25, 0.3) is 0 Å². The smallest absolute Gasteiger partial charge is 0.0575 e. The molecule has 1 N–H and O–H groups in total. The fourth-order valence-electron chi connectivity index (χ4n) is 2.75. The van der Waals surface area contributed by atoms with Gasteiger partial charge in [-0.3, -0.25) is 0 Å². The Morgan fingerprint density at radius 3 is 3.05 bits per heavy atom. The largest absolute Gasteiger partial charge is 0.378 e. The van der Waals surface area contributed by atoms with Gasteiger partial charge in [-0.05, 0) is 73.5 Å². The number of thiophene rings is 1. The van der Waals surface area contributed by atoms with Crippen LogP contribution in [0.4, 0.5) is 0 Å². The number of nitrogens with one attached hydrogen (secondary N) is 1. The third-order valence-electron chi connectivity index (χ3n) is 3.86. The minimum Gasteiger partial charge on any atom is -0.378 e. The fraction of sp³-hybridized carbons (Fsp3) is 0.750. The van der Waals surface area contributed by atoms with Crippen molar-refractivity contribution in [1.29, 1.82) is 0 Å². The molecule has 2 rings (SSSR count). The van der Waals surface area contributed by atoms with Crippen LogP contribution < -0.4 is 5.32 Å². The summed E-state index contributed by atoms with van der Waals surface area (Å²) in [6, 6.07) is 2.84. The van der Waals surface area contributed by atoms with Crippen LogP contribution in [0.2, 0.25) is 0 Å². The lowest BCUT2D eigenvalue weighted by molar-refractivity contribution is 0.00860. The van der Waals surface area contributed by atoms with E-state index in [4.69, 9.17) is 4.74 Å². The Morgan fingerprint density at radius 1 is 1.50 bits per heavy atom. The molecule has 0 radical (unpaired) electrons. The van der Waals surface area contributed by atoms with Crippen molar-refractivity contribution in [3.8, 4) is 0 Å². The number of hydrogen-bond donors (Lipinski definition) is 1. The molecule has 2 nitrogen and oxygen atoms in total. The summed E-state index contributed by atoms with van der Waals surface area (Å²) in [5.74, 6) is 0. The molecule has 1 aliphatic rings. The molecular weight excluding hydrogens is 334 g/mol. The number of hydrogen-bond acceptors (Lipinski definition) is 3. The molecule has 1 aliphatic heterocycles. The summed E-state index contributed by atoms with van der Waals surface area (Å²) in [6.07, 6.45) is 9.12. The Balaban J connectivity index is 1.79. The first-order valence-corrected chi connectivity index (χ1v) is 9.53. The minimum atomic E-state index is 0.504. The van der Waals surface area contributed by atoms with Gasteiger partial charge in [0.15, 0.2) is 0 Å². The maximum atomic E-state index is 5.85. The Labute approximate surface area is 135 Å². The van der Waals surface area contributed by atoms with Gasteiger partial charge in [0.05, 0.1) is 6.10 Å². The van der Waals surface area contributed by atoms with Crippen LogP contribution in [0, 0.1) is 0 Å². The molecule has 0 saturated carbocycles. The van der Waals surface area contributed by atoms with Crippen LogP contribution in [0.5, 0.6) is 0 Å². The average Bonchev–Trinajstić information content (AvgIpc) is 2.88. The van der Waals surface area contributed by atoms with E-state index in [-0.39, 0.29) is 0 Å². The van der Waals surface area contributed by atoms with Gasteiger partial charge < -0.3 is 10.1 Å². The zero-order valence-corrected chi connectivity index (χ0v) is 14.8. The lowest BCUT2D eigenvalue weighted by atomic mass is 9.99. The van der Waals surface area contributed by atoms with Gasteiger partial charge in [0.2, 0.25) is 0 Å². The Bertz CT molecular complexity index is 376. The predicted octanol–water partition coefficient (Wildman–Crippen LogP) is 4.77. The molecule has 2 atom stereocenters. The molecule has 0 aliphatic carbocycles. The zero-order valence-electron chi connectivity index (χ0n) is 12.4. The maximum absolute atomic E-state index is 5.85. The summed E-state index contributed by atoms with van der Waals surface area (Å²) < 4.78 is 7.06. The summed E-state index contributed by atoms with van der Waals surface area (Å²) in [5.41, 5.74) is 0. The topological polar surface area (TPSA) is 21.3 Å². The van der Waals surface area contributed by atoms with Crippen molar-refractivity contribution >= 4 is 27.3 Å². The van der Waals surface area contributed by atoms with E-state index in [9.17, 15) is 0 Å². The van der Waals surface area contributed by atoms with Crippen molar-refractivity contribution in [1.82, 2.24) is 5.32 Å². The Kier molecular flexibility index (Phi) is 7.56. The van der Waals surface area contributed by atoms with E-state index in [0.717, 1.165) is 19.6 Å². The monoisotopic (exact) mass is 359 g/mol. The minimum absolute atomic E-state index is 0.504. The van der Waals surface area contributed by atoms with Gasteiger partial charge in [0.1, 0.15) is 0 Å². The molecule has 0 amide bonds. The van der Waals surface area contributed by atoms with Gasteiger partial charge in [0, 0.05) is 27.4 Å². The highest BCUT2D eigenvalue weighted by Gasteiger charge is 2.17. The van der Waals surface area contributed by atoms with Crippen LogP contribution in [0.3, 0.4) is 0 Å². The number of halogens is 1. The zero-order chi connectivity index (χ0) is 14.2. The third kappa shape index (κ3) is 5.84. The van der Waals surface area contributed by atoms with Gasteiger partial charge in [-0.2, -0.15) is 0 Å². The first-order valence-electron chi connectivity index (χ1n) is 7.86. The lowest BCUT2D eigenvalue weighted by Gasteiger charge is -2.25. The maximum Gasteiger partial charge on any atom is 0.0575 e. The Morgan fingerprint density at radius 2 is 2.40 bits per heavy atom. The summed E-state index contributed by atoms with van der Waals surface area (Å²) in [4.78, 5) is 1.47. The highest BCUT2D eigenvalue weighted by Crippen LogP contribution is 2.23. The van der Waals surface area contributed by atoms with Crippen LogP contribution in [0.1, 0.15) is 50.3 Å². The molecule has 0 aromatic carbocycles. The van der Waals surface area contributed by atoms with E-state index in [1.165, 1.54) is 47.9 Å². The first-order chi connectivity index (χ1) is 9.78. The molecule has 1 saturated heterocycles. The molecule has 1 aromatic rings. The first kappa shape index (κ1) is 16.5. The Hall–Kier alpha value is 0.1000. The van der Waals surface area contributed by atoms with Crippen molar-refractivity contribution in [3.05, 3.63) is 20.8 Å². The third-order valence-corrected chi connectivity index (χ3v) is 5.58. The predicted molar refractivity (Wildman–Crippen MR) is 90.6 cm³/mol. The van der Waals surface area contributed by atoms with E-state index in [2.05, 4.69) is 39.6 Å². The molecule has 0 bridgehead atoms. The molecule has 0 spiro atoms. The molecule has 1 fully saturated rings. The second-order valence-corrected chi connectivity index (χ2v) is 7.56.